The maximum atomic E-state index is 13.5. The van der Waals surface area contributed by atoms with Crippen LogP contribution in [0.2, 0.25) is 0 Å². The van der Waals surface area contributed by atoms with Crippen molar-refractivity contribution in [2.24, 2.45) is 5.92 Å². The average Bonchev–Trinajstić information content (AvgIpc) is 2.34. The van der Waals surface area contributed by atoms with Crippen LogP contribution in [0.3, 0.4) is 0 Å². The summed E-state index contributed by atoms with van der Waals surface area (Å²) in [5, 5.41) is 8.75. The highest BCUT2D eigenvalue weighted by molar-refractivity contribution is 5.88. The van der Waals surface area contributed by atoms with Crippen molar-refractivity contribution in [3.63, 3.8) is 0 Å². The summed E-state index contributed by atoms with van der Waals surface area (Å²) in [5.74, 6) is -1.96. The first-order valence-corrected chi connectivity index (χ1v) is 6.29. The minimum atomic E-state index is -1.29. The van der Waals surface area contributed by atoms with Crippen LogP contribution in [0.4, 0.5) is 4.39 Å². The first-order valence-electron chi connectivity index (χ1n) is 6.29. The molecular formula is C14H16FNO3. The van der Waals surface area contributed by atoms with Crippen LogP contribution < -0.4 is 0 Å². The molecule has 1 unspecified atom stereocenters. The van der Waals surface area contributed by atoms with Gasteiger partial charge in [0, 0.05) is 19.0 Å². The lowest BCUT2D eigenvalue weighted by atomic mass is 9.98. The number of carbonyl (C=O) groups excluding carboxylic acids is 1. The third-order valence-corrected chi connectivity index (χ3v) is 3.44. The lowest BCUT2D eigenvalue weighted by Crippen LogP contribution is -2.39. The number of likely N-dealkylation sites (tertiary alicyclic amines) is 1. The standard InChI is InChI=1S/C14H16FNO3/c1-9-3-2-6-16(13(9)17)8-10-4-5-11(14(18)19)12(15)7-10/h4-5,7,9H,2-3,6,8H2,1H3,(H,18,19). The second-order valence-corrected chi connectivity index (χ2v) is 4.92. The van der Waals surface area contributed by atoms with Gasteiger partial charge in [0.2, 0.25) is 5.91 Å². The molecule has 102 valence electrons. The summed E-state index contributed by atoms with van der Waals surface area (Å²) < 4.78 is 13.5. The third-order valence-electron chi connectivity index (χ3n) is 3.44. The monoisotopic (exact) mass is 265 g/mol. The Morgan fingerprint density at radius 2 is 2.26 bits per heavy atom. The summed E-state index contributed by atoms with van der Waals surface area (Å²) >= 11 is 0. The van der Waals surface area contributed by atoms with Crippen molar-refractivity contribution in [3.8, 4) is 0 Å². The van der Waals surface area contributed by atoms with E-state index >= 15 is 0 Å². The number of nitrogens with zero attached hydrogens (tertiary/aromatic N) is 1. The maximum absolute atomic E-state index is 13.5. The van der Waals surface area contributed by atoms with E-state index < -0.39 is 11.8 Å². The molecule has 1 aliphatic rings. The van der Waals surface area contributed by atoms with Crippen LogP contribution in [0.25, 0.3) is 0 Å². The number of rotatable bonds is 3. The number of carboxylic acids is 1. The molecule has 19 heavy (non-hydrogen) atoms. The van der Waals surface area contributed by atoms with Gasteiger partial charge in [-0.2, -0.15) is 0 Å². The topological polar surface area (TPSA) is 57.6 Å². The first kappa shape index (κ1) is 13.5. The van der Waals surface area contributed by atoms with Gasteiger partial charge in [0.25, 0.3) is 0 Å². The van der Waals surface area contributed by atoms with Gasteiger partial charge in [-0.25, -0.2) is 9.18 Å². The van der Waals surface area contributed by atoms with E-state index in [1.807, 2.05) is 6.92 Å². The minimum Gasteiger partial charge on any atom is -0.478 e. The molecule has 0 aliphatic carbocycles. The molecule has 1 aromatic rings. The fourth-order valence-electron chi connectivity index (χ4n) is 2.34. The van der Waals surface area contributed by atoms with Crippen LogP contribution in [0, 0.1) is 11.7 Å². The van der Waals surface area contributed by atoms with Crippen molar-refractivity contribution < 1.29 is 19.1 Å². The predicted molar refractivity (Wildman–Crippen MR) is 67.2 cm³/mol. The Kier molecular flexibility index (Phi) is 3.83. The van der Waals surface area contributed by atoms with Crippen LogP contribution in [-0.4, -0.2) is 28.4 Å². The predicted octanol–water partition coefficient (Wildman–Crippen LogP) is 2.28. The van der Waals surface area contributed by atoms with Crippen LogP contribution in [0.15, 0.2) is 18.2 Å². The van der Waals surface area contributed by atoms with Gasteiger partial charge < -0.3 is 10.0 Å². The zero-order valence-corrected chi connectivity index (χ0v) is 10.7. The molecule has 1 atom stereocenters. The Hall–Kier alpha value is -1.91. The molecule has 1 N–H and O–H groups in total. The highest BCUT2D eigenvalue weighted by atomic mass is 19.1. The number of carbonyl (C=O) groups is 2. The maximum Gasteiger partial charge on any atom is 0.338 e. The van der Waals surface area contributed by atoms with Crippen LogP contribution in [0.1, 0.15) is 35.7 Å². The third kappa shape index (κ3) is 2.92. The molecule has 1 aliphatic heterocycles. The molecule has 0 radical (unpaired) electrons. The van der Waals surface area contributed by atoms with E-state index in [2.05, 4.69) is 0 Å². The van der Waals surface area contributed by atoms with Gasteiger partial charge in [-0.1, -0.05) is 13.0 Å². The Morgan fingerprint density at radius 3 is 2.89 bits per heavy atom. The van der Waals surface area contributed by atoms with Crippen molar-refractivity contribution in [2.75, 3.05) is 6.54 Å². The fraction of sp³-hybridized carbons (Fsp3) is 0.429. The molecular weight excluding hydrogens is 249 g/mol. The Morgan fingerprint density at radius 1 is 1.53 bits per heavy atom. The minimum absolute atomic E-state index is 0.0110. The quantitative estimate of drug-likeness (QED) is 0.912. The summed E-state index contributed by atoms with van der Waals surface area (Å²) in [5.41, 5.74) is 0.270. The van der Waals surface area contributed by atoms with Crippen LogP contribution in [-0.2, 0) is 11.3 Å². The Bertz CT molecular complexity index is 515. The average molecular weight is 265 g/mol. The number of hydrogen-bond acceptors (Lipinski definition) is 2. The van der Waals surface area contributed by atoms with E-state index in [-0.39, 0.29) is 17.4 Å². The SMILES string of the molecule is CC1CCCN(Cc2ccc(C(=O)O)c(F)c2)C1=O. The van der Waals surface area contributed by atoms with Gasteiger partial charge in [0.05, 0.1) is 5.56 Å². The highest BCUT2D eigenvalue weighted by Gasteiger charge is 2.25. The summed E-state index contributed by atoms with van der Waals surface area (Å²) in [7, 11) is 0. The van der Waals surface area contributed by atoms with E-state index in [1.54, 1.807) is 11.0 Å². The molecule has 2 rings (SSSR count). The van der Waals surface area contributed by atoms with Crippen molar-refractivity contribution >= 4 is 11.9 Å². The van der Waals surface area contributed by atoms with Gasteiger partial charge >= 0.3 is 5.97 Å². The van der Waals surface area contributed by atoms with E-state index in [1.165, 1.54) is 12.1 Å². The summed E-state index contributed by atoms with van der Waals surface area (Å²) in [6.07, 6.45) is 1.84. The van der Waals surface area contributed by atoms with E-state index in [9.17, 15) is 14.0 Å². The van der Waals surface area contributed by atoms with Gasteiger partial charge in [0.1, 0.15) is 5.82 Å². The zero-order chi connectivity index (χ0) is 14.0. The van der Waals surface area contributed by atoms with Gasteiger partial charge in [-0.15, -0.1) is 0 Å². The van der Waals surface area contributed by atoms with Crippen molar-refractivity contribution in [1.29, 1.82) is 0 Å². The molecule has 4 nitrogen and oxygen atoms in total. The summed E-state index contributed by atoms with van der Waals surface area (Å²) in [6, 6.07) is 3.99. The van der Waals surface area contributed by atoms with Crippen molar-refractivity contribution in [3.05, 3.63) is 35.1 Å². The molecule has 1 amide bonds. The second kappa shape index (κ2) is 5.38. The molecule has 1 heterocycles. The second-order valence-electron chi connectivity index (χ2n) is 4.92. The summed E-state index contributed by atoms with van der Waals surface area (Å²) in [6.45, 7) is 2.90. The largest absolute Gasteiger partial charge is 0.478 e. The number of piperidine rings is 1. The Labute approximate surface area is 110 Å². The molecule has 1 saturated heterocycles. The molecule has 5 heteroatoms. The molecule has 1 aromatic carbocycles. The van der Waals surface area contributed by atoms with E-state index in [0.717, 1.165) is 12.8 Å². The number of hydrogen-bond donors (Lipinski definition) is 1. The zero-order valence-electron chi connectivity index (χ0n) is 10.7. The van der Waals surface area contributed by atoms with E-state index in [4.69, 9.17) is 5.11 Å². The number of halogens is 1. The van der Waals surface area contributed by atoms with Gasteiger partial charge in [0.15, 0.2) is 0 Å². The van der Waals surface area contributed by atoms with E-state index in [0.29, 0.717) is 18.7 Å². The molecule has 0 aromatic heterocycles. The highest BCUT2D eigenvalue weighted by Crippen LogP contribution is 2.20. The lowest BCUT2D eigenvalue weighted by Gasteiger charge is -2.30. The number of amides is 1. The number of carboxylic acid groups (broad SMARTS) is 1. The van der Waals surface area contributed by atoms with Gasteiger partial charge in [-0.05, 0) is 30.5 Å². The fourth-order valence-corrected chi connectivity index (χ4v) is 2.34. The lowest BCUT2D eigenvalue weighted by molar-refractivity contribution is -0.138. The molecule has 0 spiro atoms. The first-order chi connectivity index (χ1) is 8.99. The van der Waals surface area contributed by atoms with Crippen LogP contribution >= 0.6 is 0 Å². The molecule has 1 fully saturated rings. The normalized spacial score (nSPS) is 19.6. The number of benzene rings is 1. The molecule has 0 saturated carbocycles. The van der Waals surface area contributed by atoms with Crippen molar-refractivity contribution in [2.45, 2.75) is 26.3 Å². The van der Waals surface area contributed by atoms with Crippen molar-refractivity contribution in [1.82, 2.24) is 4.90 Å². The van der Waals surface area contributed by atoms with Gasteiger partial charge in [-0.3, -0.25) is 4.79 Å². The van der Waals surface area contributed by atoms with Crippen LogP contribution in [0.5, 0.6) is 0 Å². The number of aromatic carboxylic acids is 1. The molecule has 0 bridgehead atoms. The summed E-state index contributed by atoms with van der Waals surface area (Å²) in [4.78, 5) is 24.3. The smallest absolute Gasteiger partial charge is 0.338 e. The Balaban J connectivity index is 2.13.